The number of carboxylic acids is 1. The summed E-state index contributed by atoms with van der Waals surface area (Å²) in [7, 11) is 0. The van der Waals surface area contributed by atoms with Crippen LogP contribution in [-0.2, 0) is 4.79 Å². The number of rotatable bonds is 2. The van der Waals surface area contributed by atoms with Crippen molar-refractivity contribution in [1.82, 2.24) is 5.43 Å². The van der Waals surface area contributed by atoms with Gasteiger partial charge in [0.25, 0.3) is 0 Å². The van der Waals surface area contributed by atoms with Crippen LogP contribution in [-0.4, -0.2) is 16.6 Å². The number of hydrazine groups is 1. The van der Waals surface area contributed by atoms with Gasteiger partial charge in [-0.15, -0.1) is 12.4 Å². The van der Waals surface area contributed by atoms with Crippen molar-refractivity contribution in [2.24, 2.45) is 5.84 Å². The Bertz CT molecular complexity index is 105. The number of hydrogen-bond donors (Lipinski definition) is 3. The number of carbonyl (C=O) groups is 1. The molecule has 0 rings (SSSR count). The topological polar surface area (TPSA) is 75.3 Å². The molecule has 0 spiro atoms. The summed E-state index contributed by atoms with van der Waals surface area (Å²) in [5.74, 6) is 3.92. The second-order valence-corrected chi connectivity index (χ2v) is 2.07. The second-order valence-electron chi connectivity index (χ2n) is 2.07. The summed E-state index contributed by atoms with van der Waals surface area (Å²) in [6.45, 7) is 2.96. The summed E-state index contributed by atoms with van der Waals surface area (Å²) in [5.41, 5.74) is 1.13. The lowest BCUT2D eigenvalue weighted by molar-refractivity contribution is -0.143. The van der Waals surface area contributed by atoms with Gasteiger partial charge in [-0.2, -0.15) is 0 Å². The highest BCUT2D eigenvalue weighted by Gasteiger charge is 2.24. The lowest BCUT2D eigenvalue weighted by Crippen LogP contribution is -2.50. The molecule has 0 aliphatic rings. The molecule has 0 heterocycles. The molecule has 0 amide bonds. The fourth-order valence-electron chi connectivity index (χ4n) is 0.0617. The largest absolute Gasteiger partial charge is 0.480 e. The maximum Gasteiger partial charge on any atom is 0.324 e. The third kappa shape index (κ3) is 3.29. The van der Waals surface area contributed by atoms with Crippen molar-refractivity contribution in [2.75, 3.05) is 0 Å². The lowest BCUT2D eigenvalue weighted by Gasteiger charge is -2.16. The Morgan fingerprint density at radius 1 is 1.67 bits per heavy atom. The van der Waals surface area contributed by atoms with E-state index in [0.29, 0.717) is 0 Å². The van der Waals surface area contributed by atoms with Gasteiger partial charge in [0.15, 0.2) is 0 Å². The minimum Gasteiger partial charge on any atom is -0.480 e. The number of carboxylic acid groups (broad SMARTS) is 1. The fraction of sp³-hybridized carbons (Fsp3) is 0.750. The van der Waals surface area contributed by atoms with Crippen molar-refractivity contribution in [1.29, 1.82) is 0 Å². The van der Waals surface area contributed by atoms with Crippen LogP contribution in [0.5, 0.6) is 0 Å². The van der Waals surface area contributed by atoms with Gasteiger partial charge >= 0.3 is 5.97 Å². The van der Waals surface area contributed by atoms with Crippen molar-refractivity contribution in [3.63, 3.8) is 0 Å². The molecule has 0 aliphatic carbocycles. The number of hydrogen-bond acceptors (Lipinski definition) is 3. The number of aliphatic carboxylic acids is 1. The van der Waals surface area contributed by atoms with E-state index < -0.39 is 11.5 Å². The zero-order valence-corrected chi connectivity index (χ0v) is 6.16. The smallest absolute Gasteiger partial charge is 0.324 e. The first-order valence-electron chi connectivity index (χ1n) is 2.22. The Morgan fingerprint density at radius 2 is 2.00 bits per heavy atom. The Kier molecular flexibility index (Phi) is 4.66. The van der Waals surface area contributed by atoms with Crippen LogP contribution >= 0.6 is 12.4 Å². The fourth-order valence-corrected chi connectivity index (χ4v) is 0.0617. The quantitative estimate of drug-likeness (QED) is 0.378. The number of halogens is 1. The Hall–Kier alpha value is -0.320. The predicted molar refractivity (Wildman–Crippen MR) is 36.3 cm³/mol. The van der Waals surface area contributed by atoms with E-state index in [4.69, 9.17) is 10.9 Å². The van der Waals surface area contributed by atoms with Gasteiger partial charge in [-0.25, -0.2) is 5.43 Å². The van der Waals surface area contributed by atoms with Gasteiger partial charge in [-0.3, -0.25) is 10.6 Å². The summed E-state index contributed by atoms with van der Waals surface area (Å²) >= 11 is 0. The minimum absolute atomic E-state index is 0. The molecule has 0 bridgehead atoms. The first kappa shape index (κ1) is 11.5. The van der Waals surface area contributed by atoms with Crippen molar-refractivity contribution < 1.29 is 9.90 Å². The van der Waals surface area contributed by atoms with Gasteiger partial charge in [0.2, 0.25) is 0 Å². The third-order valence-corrected chi connectivity index (χ3v) is 0.896. The first-order valence-corrected chi connectivity index (χ1v) is 2.22. The molecule has 0 aromatic carbocycles. The molecule has 0 saturated heterocycles. The van der Waals surface area contributed by atoms with Crippen LogP contribution < -0.4 is 11.3 Å². The molecular formula is C4H11ClN2O2. The van der Waals surface area contributed by atoms with Crippen LogP contribution in [0.2, 0.25) is 0 Å². The average Bonchev–Trinajstić information content (AvgIpc) is 1.67. The Labute approximate surface area is 59.8 Å². The maximum atomic E-state index is 10.1. The van der Waals surface area contributed by atoms with Crippen LogP contribution in [0.1, 0.15) is 13.8 Å². The molecule has 4 nitrogen and oxygen atoms in total. The molecule has 5 heteroatoms. The standard InChI is InChI=1S/C4H10N2O2.ClH/c1-4(2,6-5)3(7)8;/h6H,5H2,1-2H3,(H,7,8);1H. The van der Waals surface area contributed by atoms with Crippen LogP contribution in [0.25, 0.3) is 0 Å². The summed E-state index contributed by atoms with van der Waals surface area (Å²) in [6.07, 6.45) is 0. The molecule has 0 aromatic rings. The van der Waals surface area contributed by atoms with Gasteiger partial charge in [0.1, 0.15) is 5.54 Å². The minimum atomic E-state index is -1.01. The highest BCUT2D eigenvalue weighted by atomic mass is 35.5. The second kappa shape index (κ2) is 3.66. The van der Waals surface area contributed by atoms with E-state index in [-0.39, 0.29) is 12.4 Å². The Balaban J connectivity index is 0. The molecule has 0 aromatic heterocycles. The molecule has 0 saturated carbocycles. The van der Waals surface area contributed by atoms with Gasteiger partial charge in [-0.05, 0) is 13.8 Å². The van der Waals surface area contributed by atoms with Crippen molar-refractivity contribution in [3.8, 4) is 0 Å². The zero-order valence-electron chi connectivity index (χ0n) is 5.34. The molecule has 4 N–H and O–H groups in total. The van der Waals surface area contributed by atoms with Crippen LogP contribution in [0.4, 0.5) is 0 Å². The van der Waals surface area contributed by atoms with Crippen LogP contribution in [0.3, 0.4) is 0 Å². The van der Waals surface area contributed by atoms with E-state index in [1.165, 1.54) is 13.8 Å². The molecule has 0 aliphatic heterocycles. The highest BCUT2D eigenvalue weighted by Crippen LogP contribution is 1.97. The number of nitrogens with two attached hydrogens (primary N) is 1. The van der Waals surface area contributed by atoms with E-state index in [1.54, 1.807) is 0 Å². The monoisotopic (exact) mass is 154 g/mol. The molecule has 0 fully saturated rings. The maximum absolute atomic E-state index is 10.1. The normalized spacial score (nSPS) is 10.1. The summed E-state index contributed by atoms with van der Waals surface area (Å²) < 4.78 is 0. The highest BCUT2D eigenvalue weighted by molar-refractivity contribution is 5.85. The summed E-state index contributed by atoms with van der Waals surface area (Å²) in [4.78, 5) is 10.1. The molecule has 0 unspecified atom stereocenters. The average molecular weight is 155 g/mol. The van der Waals surface area contributed by atoms with E-state index in [1.807, 2.05) is 0 Å². The van der Waals surface area contributed by atoms with Gasteiger partial charge in [-0.1, -0.05) is 0 Å². The number of nitrogens with one attached hydrogen (secondary N) is 1. The Morgan fingerprint density at radius 3 is 2.00 bits per heavy atom. The predicted octanol–water partition coefficient (Wildman–Crippen LogP) is -0.265. The molecule has 0 atom stereocenters. The summed E-state index contributed by atoms with van der Waals surface area (Å²) in [6, 6.07) is 0. The van der Waals surface area contributed by atoms with Crippen molar-refractivity contribution in [3.05, 3.63) is 0 Å². The summed E-state index contributed by atoms with van der Waals surface area (Å²) in [5, 5.41) is 8.30. The van der Waals surface area contributed by atoms with Gasteiger partial charge in [0.05, 0.1) is 0 Å². The van der Waals surface area contributed by atoms with Gasteiger partial charge < -0.3 is 5.11 Å². The van der Waals surface area contributed by atoms with E-state index >= 15 is 0 Å². The molecule has 9 heavy (non-hydrogen) atoms. The third-order valence-electron chi connectivity index (χ3n) is 0.896. The van der Waals surface area contributed by atoms with Gasteiger partial charge in [0, 0.05) is 0 Å². The molecule has 56 valence electrons. The first-order chi connectivity index (χ1) is 3.50. The zero-order chi connectivity index (χ0) is 6.78. The lowest BCUT2D eigenvalue weighted by atomic mass is 10.1. The molecular weight excluding hydrogens is 144 g/mol. The van der Waals surface area contributed by atoms with Crippen molar-refractivity contribution in [2.45, 2.75) is 19.4 Å². The van der Waals surface area contributed by atoms with Crippen LogP contribution in [0.15, 0.2) is 0 Å². The molecule has 0 radical (unpaired) electrons. The van der Waals surface area contributed by atoms with E-state index in [2.05, 4.69) is 5.43 Å². The van der Waals surface area contributed by atoms with E-state index in [0.717, 1.165) is 0 Å². The van der Waals surface area contributed by atoms with Crippen LogP contribution in [0, 0.1) is 0 Å². The van der Waals surface area contributed by atoms with Crippen molar-refractivity contribution >= 4 is 18.4 Å². The SMILES string of the molecule is CC(C)(NN)C(=O)O.Cl. The van der Waals surface area contributed by atoms with E-state index in [9.17, 15) is 4.79 Å².